The number of nitrogens with one attached hydrogen (secondary N) is 2. The van der Waals surface area contributed by atoms with E-state index in [1.54, 1.807) is 7.11 Å². The molecule has 0 aliphatic heterocycles. The largest absolute Gasteiger partial charge is 0.388 e. The van der Waals surface area contributed by atoms with E-state index in [1.165, 1.54) is 0 Å². The van der Waals surface area contributed by atoms with E-state index in [9.17, 15) is 5.11 Å². The third kappa shape index (κ3) is 7.64. The quantitative estimate of drug-likeness (QED) is 0.310. The molecule has 3 N–H and O–H groups in total. The predicted octanol–water partition coefficient (Wildman–Crippen LogP) is 0.425. The van der Waals surface area contributed by atoms with Crippen molar-refractivity contribution in [3.63, 3.8) is 0 Å². The standard InChI is InChI=1S/C15H32N4O2/c1-4-16-14(18-13-15(20)7-5-8-15)17-9-11-19(2)10-6-12-21-3/h20H,4-13H2,1-3H3,(H2,16,17,18). The summed E-state index contributed by atoms with van der Waals surface area (Å²) in [6.45, 7) is 7.00. The van der Waals surface area contributed by atoms with Gasteiger partial charge in [0.1, 0.15) is 0 Å². The summed E-state index contributed by atoms with van der Waals surface area (Å²) in [7, 11) is 3.84. The van der Waals surface area contributed by atoms with Crippen molar-refractivity contribution < 1.29 is 9.84 Å². The zero-order valence-corrected chi connectivity index (χ0v) is 13.8. The fraction of sp³-hybridized carbons (Fsp3) is 0.933. The monoisotopic (exact) mass is 300 g/mol. The molecule has 1 rings (SSSR count). The number of hydrogen-bond acceptors (Lipinski definition) is 4. The van der Waals surface area contributed by atoms with Gasteiger partial charge in [-0.1, -0.05) is 0 Å². The summed E-state index contributed by atoms with van der Waals surface area (Å²) in [6.07, 6.45) is 3.91. The lowest BCUT2D eigenvalue weighted by atomic mass is 9.80. The summed E-state index contributed by atoms with van der Waals surface area (Å²) in [5.74, 6) is 0.795. The van der Waals surface area contributed by atoms with Gasteiger partial charge in [0, 0.05) is 39.9 Å². The Bertz CT molecular complexity index is 306. The predicted molar refractivity (Wildman–Crippen MR) is 86.8 cm³/mol. The lowest BCUT2D eigenvalue weighted by Crippen LogP contribution is -2.44. The molecule has 21 heavy (non-hydrogen) atoms. The molecule has 0 bridgehead atoms. The second kappa shape index (κ2) is 9.97. The molecule has 0 aromatic carbocycles. The number of aliphatic hydroxyl groups is 1. The molecule has 1 saturated carbocycles. The second-order valence-corrected chi connectivity index (χ2v) is 5.85. The SMILES string of the molecule is CCNC(=NCC1(O)CCC1)NCCN(C)CCCOC. The Morgan fingerprint density at radius 2 is 2.10 bits per heavy atom. The van der Waals surface area contributed by atoms with Gasteiger partial charge >= 0.3 is 0 Å². The molecule has 0 heterocycles. The molecule has 0 atom stereocenters. The van der Waals surface area contributed by atoms with Crippen LogP contribution in [0.25, 0.3) is 0 Å². The first-order chi connectivity index (χ1) is 10.1. The molecule has 6 nitrogen and oxygen atoms in total. The normalized spacial score (nSPS) is 17.7. The molecule has 0 unspecified atom stereocenters. The number of likely N-dealkylation sites (N-methyl/N-ethyl adjacent to an activating group) is 1. The van der Waals surface area contributed by atoms with Crippen LogP contribution in [0.2, 0.25) is 0 Å². The fourth-order valence-electron chi connectivity index (χ4n) is 2.27. The fourth-order valence-corrected chi connectivity index (χ4v) is 2.27. The van der Waals surface area contributed by atoms with Crippen LogP contribution in [0.3, 0.4) is 0 Å². The first-order valence-corrected chi connectivity index (χ1v) is 8.01. The van der Waals surface area contributed by atoms with Crippen LogP contribution in [-0.4, -0.2) is 75.1 Å². The van der Waals surface area contributed by atoms with Crippen molar-refractivity contribution in [3.05, 3.63) is 0 Å². The summed E-state index contributed by atoms with van der Waals surface area (Å²) >= 11 is 0. The smallest absolute Gasteiger partial charge is 0.191 e. The molecule has 0 amide bonds. The maximum absolute atomic E-state index is 10.1. The number of ether oxygens (including phenoxy) is 1. The first-order valence-electron chi connectivity index (χ1n) is 8.01. The molecule has 0 spiro atoms. The van der Waals surface area contributed by atoms with Crippen molar-refractivity contribution in [1.82, 2.24) is 15.5 Å². The third-order valence-electron chi connectivity index (χ3n) is 3.83. The minimum atomic E-state index is -0.556. The van der Waals surface area contributed by atoms with E-state index in [-0.39, 0.29) is 0 Å². The Kier molecular flexibility index (Phi) is 8.64. The Morgan fingerprint density at radius 3 is 2.67 bits per heavy atom. The van der Waals surface area contributed by atoms with Gasteiger partial charge in [0.05, 0.1) is 12.1 Å². The molecule has 1 aliphatic carbocycles. The molecule has 124 valence electrons. The van der Waals surface area contributed by atoms with Gasteiger partial charge in [-0.2, -0.15) is 0 Å². The van der Waals surface area contributed by atoms with E-state index in [4.69, 9.17) is 4.74 Å². The topological polar surface area (TPSA) is 69.1 Å². The van der Waals surface area contributed by atoms with Gasteiger partial charge in [-0.15, -0.1) is 0 Å². The summed E-state index contributed by atoms with van der Waals surface area (Å²) in [5, 5.41) is 16.6. The summed E-state index contributed by atoms with van der Waals surface area (Å²) in [5.41, 5.74) is -0.556. The van der Waals surface area contributed by atoms with Crippen LogP contribution in [0.15, 0.2) is 4.99 Å². The number of nitrogens with zero attached hydrogens (tertiary/aromatic N) is 2. The summed E-state index contributed by atoms with van der Waals surface area (Å²) in [6, 6.07) is 0. The summed E-state index contributed by atoms with van der Waals surface area (Å²) < 4.78 is 5.05. The van der Waals surface area contributed by atoms with E-state index in [1.807, 2.05) is 6.92 Å². The summed E-state index contributed by atoms with van der Waals surface area (Å²) in [4.78, 5) is 6.76. The maximum Gasteiger partial charge on any atom is 0.191 e. The Hall–Kier alpha value is -0.850. The van der Waals surface area contributed by atoms with Gasteiger partial charge in [0.25, 0.3) is 0 Å². The highest BCUT2D eigenvalue weighted by Gasteiger charge is 2.34. The van der Waals surface area contributed by atoms with Crippen molar-refractivity contribution in [3.8, 4) is 0 Å². The number of hydrogen-bond donors (Lipinski definition) is 3. The molecule has 1 aliphatic rings. The van der Waals surface area contributed by atoms with E-state index >= 15 is 0 Å². The van der Waals surface area contributed by atoms with Gasteiger partial charge in [0.15, 0.2) is 5.96 Å². The highest BCUT2D eigenvalue weighted by atomic mass is 16.5. The molecule has 6 heteroatoms. The van der Waals surface area contributed by atoms with E-state index in [2.05, 4.69) is 27.6 Å². The van der Waals surface area contributed by atoms with Gasteiger partial charge in [0.2, 0.25) is 0 Å². The van der Waals surface area contributed by atoms with Crippen molar-refractivity contribution in [2.24, 2.45) is 4.99 Å². The van der Waals surface area contributed by atoms with Crippen LogP contribution in [0.1, 0.15) is 32.6 Å². The van der Waals surface area contributed by atoms with E-state index in [0.29, 0.717) is 6.54 Å². The Morgan fingerprint density at radius 1 is 1.33 bits per heavy atom. The van der Waals surface area contributed by atoms with Gasteiger partial charge in [-0.05, 0) is 39.7 Å². The van der Waals surface area contributed by atoms with Gasteiger partial charge in [-0.3, -0.25) is 4.99 Å². The first kappa shape index (κ1) is 18.2. The van der Waals surface area contributed by atoms with Crippen molar-refractivity contribution in [2.45, 2.75) is 38.2 Å². The highest BCUT2D eigenvalue weighted by molar-refractivity contribution is 5.79. The number of rotatable bonds is 10. The highest BCUT2D eigenvalue weighted by Crippen LogP contribution is 2.31. The molecular weight excluding hydrogens is 268 g/mol. The minimum Gasteiger partial charge on any atom is -0.388 e. The average molecular weight is 300 g/mol. The zero-order valence-electron chi connectivity index (χ0n) is 13.8. The van der Waals surface area contributed by atoms with Crippen LogP contribution in [-0.2, 0) is 4.74 Å². The van der Waals surface area contributed by atoms with Crippen molar-refractivity contribution in [1.29, 1.82) is 0 Å². The third-order valence-corrected chi connectivity index (χ3v) is 3.83. The zero-order chi connectivity index (χ0) is 15.6. The van der Waals surface area contributed by atoms with E-state index < -0.39 is 5.60 Å². The van der Waals surface area contributed by atoms with Gasteiger partial charge < -0.3 is 25.4 Å². The van der Waals surface area contributed by atoms with Crippen molar-refractivity contribution >= 4 is 5.96 Å². The van der Waals surface area contributed by atoms with Crippen LogP contribution >= 0.6 is 0 Å². The van der Waals surface area contributed by atoms with E-state index in [0.717, 1.165) is 64.4 Å². The second-order valence-electron chi connectivity index (χ2n) is 5.85. The Labute approximate surface area is 129 Å². The van der Waals surface area contributed by atoms with Crippen LogP contribution in [0.4, 0.5) is 0 Å². The lowest BCUT2D eigenvalue weighted by molar-refractivity contribution is -0.0236. The molecule has 0 aromatic heterocycles. The Balaban J connectivity index is 2.22. The van der Waals surface area contributed by atoms with Crippen LogP contribution in [0, 0.1) is 0 Å². The van der Waals surface area contributed by atoms with Crippen LogP contribution in [0.5, 0.6) is 0 Å². The van der Waals surface area contributed by atoms with Gasteiger partial charge in [-0.25, -0.2) is 0 Å². The molecule has 1 fully saturated rings. The lowest BCUT2D eigenvalue weighted by Gasteiger charge is -2.35. The number of aliphatic imine (C=N–C) groups is 1. The number of guanidine groups is 1. The molecule has 0 aromatic rings. The van der Waals surface area contributed by atoms with Crippen LogP contribution < -0.4 is 10.6 Å². The maximum atomic E-state index is 10.1. The minimum absolute atomic E-state index is 0.492. The molecule has 0 saturated heterocycles. The molecule has 0 radical (unpaired) electrons. The average Bonchev–Trinajstić information content (AvgIpc) is 2.43. The number of methoxy groups -OCH3 is 1. The molecular formula is C15H32N4O2. The van der Waals surface area contributed by atoms with Crippen molar-refractivity contribution in [2.75, 3.05) is 53.5 Å².